The summed E-state index contributed by atoms with van der Waals surface area (Å²) in [6.45, 7) is 3.40. The van der Waals surface area contributed by atoms with E-state index < -0.39 is 11.7 Å². The SMILES string of the molecule is CC(N)C(C)C(=O)c1ccc(Cl)cc1F. The number of carbonyl (C=O) groups excluding carboxylic acids is 1. The maximum atomic E-state index is 13.4. The summed E-state index contributed by atoms with van der Waals surface area (Å²) in [6, 6.07) is 3.71. The summed E-state index contributed by atoms with van der Waals surface area (Å²) < 4.78 is 13.4. The van der Waals surface area contributed by atoms with Crippen molar-refractivity contribution < 1.29 is 9.18 Å². The maximum absolute atomic E-state index is 13.4. The molecule has 0 spiro atoms. The molecule has 82 valence electrons. The second-order valence-corrected chi connectivity index (χ2v) is 4.07. The lowest BCUT2D eigenvalue weighted by Crippen LogP contribution is -2.31. The Bertz CT molecular complexity index is 379. The van der Waals surface area contributed by atoms with Gasteiger partial charge >= 0.3 is 0 Å². The van der Waals surface area contributed by atoms with Crippen molar-refractivity contribution in [3.8, 4) is 0 Å². The number of hydrogen-bond donors (Lipinski definition) is 1. The number of carbonyl (C=O) groups is 1. The van der Waals surface area contributed by atoms with Gasteiger partial charge in [0.25, 0.3) is 0 Å². The van der Waals surface area contributed by atoms with E-state index in [1.54, 1.807) is 13.8 Å². The maximum Gasteiger partial charge on any atom is 0.170 e. The van der Waals surface area contributed by atoms with E-state index in [0.29, 0.717) is 0 Å². The highest BCUT2D eigenvalue weighted by Crippen LogP contribution is 2.18. The predicted molar refractivity (Wildman–Crippen MR) is 58.6 cm³/mol. The molecule has 1 aromatic rings. The Labute approximate surface area is 93.2 Å². The first-order valence-electron chi connectivity index (χ1n) is 4.68. The fraction of sp³-hybridized carbons (Fsp3) is 0.364. The molecule has 1 rings (SSSR count). The molecule has 0 saturated heterocycles. The largest absolute Gasteiger partial charge is 0.327 e. The Hall–Kier alpha value is -0.930. The zero-order valence-corrected chi connectivity index (χ0v) is 9.38. The van der Waals surface area contributed by atoms with Crippen molar-refractivity contribution in [3.05, 3.63) is 34.6 Å². The van der Waals surface area contributed by atoms with Gasteiger partial charge in [0.1, 0.15) is 5.82 Å². The van der Waals surface area contributed by atoms with Crippen molar-refractivity contribution in [1.29, 1.82) is 0 Å². The summed E-state index contributed by atoms with van der Waals surface area (Å²) in [5.74, 6) is -1.29. The smallest absolute Gasteiger partial charge is 0.170 e. The fourth-order valence-corrected chi connectivity index (χ4v) is 1.33. The Morgan fingerprint density at radius 3 is 2.53 bits per heavy atom. The standard InChI is InChI=1S/C11H13ClFNO/c1-6(7(2)14)11(15)9-4-3-8(12)5-10(9)13/h3-7H,14H2,1-2H3. The summed E-state index contributed by atoms with van der Waals surface area (Å²) in [6.07, 6.45) is 0. The highest BCUT2D eigenvalue weighted by Gasteiger charge is 2.21. The molecule has 2 unspecified atom stereocenters. The van der Waals surface area contributed by atoms with Gasteiger partial charge in [0, 0.05) is 17.0 Å². The molecule has 0 fully saturated rings. The topological polar surface area (TPSA) is 43.1 Å². The van der Waals surface area contributed by atoms with Crippen LogP contribution in [0.5, 0.6) is 0 Å². The molecule has 0 heterocycles. The van der Waals surface area contributed by atoms with Crippen LogP contribution in [0.3, 0.4) is 0 Å². The molecule has 0 aliphatic rings. The van der Waals surface area contributed by atoms with E-state index in [0.717, 1.165) is 6.07 Å². The Morgan fingerprint density at radius 2 is 2.07 bits per heavy atom. The van der Waals surface area contributed by atoms with Crippen LogP contribution in [0, 0.1) is 11.7 Å². The first-order valence-corrected chi connectivity index (χ1v) is 5.06. The molecule has 15 heavy (non-hydrogen) atoms. The van der Waals surface area contributed by atoms with E-state index >= 15 is 0 Å². The molecule has 2 atom stereocenters. The van der Waals surface area contributed by atoms with Gasteiger partial charge in [-0.05, 0) is 25.1 Å². The van der Waals surface area contributed by atoms with Gasteiger partial charge in [0.15, 0.2) is 5.78 Å². The molecule has 0 saturated carbocycles. The number of halogens is 2. The van der Waals surface area contributed by atoms with Crippen molar-refractivity contribution in [3.63, 3.8) is 0 Å². The Balaban J connectivity index is 3.01. The van der Waals surface area contributed by atoms with E-state index in [-0.39, 0.29) is 22.4 Å². The summed E-state index contributed by atoms with van der Waals surface area (Å²) in [4.78, 5) is 11.8. The lowest BCUT2D eigenvalue weighted by Gasteiger charge is -2.14. The molecule has 0 aliphatic heterocycles. The number of ketones is 1. The van der Waals surface area contributed by atoms with Crippen molar-refractivity contribution in [2.24, 2.45) is 11.7 Å². The molecule has 2 N–H and O–H groups in total. The lowest BCUT2D eigenvalue weighted by molar-refractivity contribution is 0.0913. The number of Topliss-reactive ketones (excluding diaryl/α,β-unsaturated/α-hetero) is 1. The highest BCUT2D eigenvalue weighted by atomic mass is 35.5. The third-order valence-electron chi connectivity index (χ3n) is 2.40. The number of rotatable bonds is 3. The molecule has 4 heteroatoms. The summed E-state index contributed by atoms with van der Waals surface area (Å²) in [7, 11) is 0. The van der Waals surface area contributed by atoms with Crippen molar-refractivity contribution in [1.82, 2.24) is 0 Å². The van der Waals surface area contributed by atoms with E-state index in [1.165, 1.54) is 12.1 Å². The van der Waals surface area contributed by atoms with Gasteiger partial charge in [-0.3, -0.25) is 4.79 Å². The van der Waals surface area contributed by atoms with E-state index in [2.05, 4.69) is 0 Å². The van der Waals surface area contributed by atoms with Crippen LogP contribution < -0.4 is 5.73 Å². The van der Waals surface area contributed by atoms with Crippen LogP contribution >= 0.6 is 11.6 Å². The minimum absolute atomic E-state index is 0.0456. The van der Waals surface area contributed by atoms with Gasteiger partial charge in [0.05, 0.1) is 5.56 Å². The van der Waals surface area contributed by atoms with Crippen LogP contribution in [-0.4, -0.2) is 11.8 Å². The van der Waals surface area contributed by atoms with Gasteiger partial charge in [-0.2, -0.15) is 0 Å². The summed E-state index contributed by atoms with van der Waals surface area (Å²) >= 11 is 5.59. The number of benzene rings is 1. The van der Waals surface area contributed by atoms with Crippen LogP contribution in [0.4, 0.5) is 4.39 Å². The molecule has 0 radical (unpaired) electrons. The third-order valence-corrected chi connectivity index (χ3v) is 2.63. The molecule has 0 aliphatic carbocycles. The van der Waals surface area contributed by atoms with E-state index in [4.69, 9.17) is 17.3 Å². The molecular formula is C11H13ClFNO. The lowest BCUT2D eigenvalue weighted by atomic mass is 9.94. The van der Waals surface area contributed by atoms with Gasteiger partial charge in [-0.1, -0.05) is 18.5 Å². The van der Waals surface area contributed by atoms with Crippen LogP contribution in [-0.2, 0) is 0 Å². The zero-order valence-electron chi connectivity index (χ0n) is 8.63. The number of nitrogens with two attached hydrogens (primary N) is 1. The molecule has 0 bridgehead atoms. The van der Waals surface area contributed by atoms with Crippen molar-refractivity contribution in [2.45, 2.75) is 19.9 Å². The van der Waals surface area contributed by atoms with Crippen molar-refractivity contribution in [2.75, 3.05) is 0 Å². The highest BCUT2D eigenvalue weighted by molar-refractivity contribution is 6.30. The quantitative estimate of drug-likeness (QED) is 0.810. The Morgan fingerprint density at radius 1 is 1.47 bits per heavy atom. The monoisotopic (exact) mass is 229 g/mol. The van der Waals surface area contributed by atoms with Crippen LogP contribution in [0.1, 0.15) is 24.2 Å². The van der Waals surface area contributed by atoms with E-state index in [9.17, 15) is 9.18 Å². The average Bonchev–Trinajstić information content (AvgIpc) is 2.15. The van der Waals surface area contributed by atoms with Gasteiger partial charge in [-0.25, -0.2) is 4.39 Å². The zero-order chi connectivity index (χ0) is 11.6. The average molecular weight is 230 g/mol. The van der Waals surface area contributed by atoms with E-state index in [1.807, 2.05) is 0 Å². The predicted octanol–water partition coefficient (Wildman–Crippen LogP) is 2.65. The summed E-state index contributed by atoms with van der Waals surface area (Å²) in [5.41, 5.74) is 5.63. The normalized spacial score (nSPS) is 14.7. The van der Waals surface area contributed by atoms with Gasteiger partial charge < -0.3 is 5.73 Å². The summed E-state index contributed by atoms with van der Waals surface area (Å²) in [5, 5.41) is 0.275. The second kappa shape index (κ2) is 4.73. The van der Waals surface area contributed by atoms with Crippen LogP contribution in [0.2, 0.25) is 5.02 Å². The number of hydrogen-bond acceptors (Lipinski definition) is 2. The molecule has 0 aromatic heterocycles. The van der Waals surface area contributed by atoms with Gasteiger partial charge in [0.2, 0.25) is 0 Å². The second-order valence-electron chi connectivity index (χ2n) is 3.64. The van der Waals surface area contributed by atoms with Crippen LogP contribution in [0.25, 0.3) is 0 Å². The molecular weight excluding hydrogens is 217 g/mol. The Kier molecular flexibility index (Phi) is 3.83. The molecule has 2 nitrogen and oxygen atoms in total. The first kappa shape index (κ1) is 12.1. The molecule has 0 amide bonds. The minimum Gasteiger partial charge on any atom is -0.327 e. The first-order chi connectivity index (χ1) is 6.93. The van der Waals surface area contributed by atoms with Crippen molar-refractivity contribution >= 4 is 17.4 Å². The van der Waals surface area contributed by atoms with Gasteiger partial charge in [-0.15, -0.1) is 0 Å². The minimum atomic E-state index is -0.597. The fourth-order valence-electron chi connectivity index (χ4n) is 1.17. The molecule has 1 aromatic carbocycles. The third kappa shape index (κ3) is 2.76. The van der Waals surface area contributed by atoms with Crippen LogP contribution in [0.15, 0.2) is 18.2 Å².